The summed E-state index contributed by atoms with van der Waals surface area (Å²) in [5.41, 5.74) is 2.56. The Kier molecular flexibility index (Phi) is 8.07. The van der Waals surface area contributed by atoms with E-state index in [2.05, 4.69) is 4.74 Å². The lowest BCUT2D eigenvalue weighted by Crippen LogP contribution is -2.10. The number of halogens is 2. The average molecular weight is 496 g/mol. The molecule has 0 aliphatic rings. The van der Waals surface area contributed by atoms with Gasteiger partial charge in [0.25, 0.3) is 0 Å². The molecule has 0 spiro atoms. The van der Waals surface area contributed by atoms with Crippen molar-refractivity contribution in [3.05, 3.63) is 76.6 Å². The summed E-state index contributed by atoms with van der Waals surface area (Å²) in [6.07, 6.45) is 1.40. The second kappa shape index (κ2) is 11.2. The van der Waals surface area contributed by atoms with Gasteiger partial charge >= 0.3 is 12.6 Å². The summed E-state index contributed by atoms with van der Waals surface area (Å²) >= 11 is 0. The second-order valence-electron chi connectivity index (χ2n) is 7.58. The van der Waals surface area contributed by atoms with Crippen LogP contribution in [0.2, 0.25) is 0 Å². The van der Waals surface area contributed by atoms with Crippen LogP contribution in [0.15, 0.2) is 54.1 Å². The van der Waals surface area contributed by atoms with E-state index in [1.54, 1.807) is 42.7 Å². The summed E-state index contributed by atoms with van der Waals surface area (Å²) < 4.78 is 41.4. The number of ether oxygens (including phenoxy) is 3. The fraction of sp³-hybridized carbons (Fsp3) is 0.192. The van der Waals surface area contributed by atoms with Crippen molar-refractivity contribution in [3.8, 4) is 29.0 Å². The molecule has 1 aromatic heterocycles. The van der Waals surface area contributed by atoms with Gasteiger partial charge in [-0.15, -0.1) is 0 Å². The number of allylic oxidation sites excluding steroid dienone is 1. The number of carboxylic acid groups (broad SMARTS) is 1. The van der Waals surface area contributed by atoms with E-state index in [0.717, 1.165) is 0 Å². The minimum atomic E-state index is -2.93. The highest BCUT2D eigenvalue weighted by Gasteiger charge is 2.20. The van der Waals surface area contributed by atoms with Crippen molar-refractivity contribution in [1.29, 1.82) is 5.26 Å². The van der Waals surface area contributed by atoms with Crippen LogP contribution in [-0.4, -0.2) is 41.8 Å². The number of nitrogens with zero attached hydrogens (tertiary/aromatic N) is 2. The number of rotatable bonds is 10. The van der Waals surface area contributed by atoms with Crippen molar-refractivity contribution in [2.45, 2.75) is 20.5 Å². The predicted molar refractivity (Wildman–Crippen MR) is 126 cm³/mol. The fourth-order valence-electron chi connectivity index (χ4n) is 3.66. The quantitative estimate of drug-likeness (QED) is 0.240. The minimum Gasteiger partial charge on any atom is -0.493 e. The van der Waals surface area contributed by atoms with Crippen LogP contribution in [0.4, 0.5) is 8.78 Å². The number of aliphatic carboxylic acids is 1. The van der Waals surface area contributed by atoms with Gasteiger partial charge in [0.1, 0.15) is 17.4 Å². The average Bonchev–Trinajstić information content (AvgIpc) is 3.14. The van der Waals surface area contributed by atoms with Gasteiger partial charge in [-0.05, 0) is 68.0 Å². The number of ketones is 1. The van der Waals surface area contributed by atoms with Gasteiger partial charge in [-0.1, -0.05) is 6.07 Å². The first-order valence-corrected chi connectivity index (χ1v) is 10.6. The van der Waals surface area contributed by atoms with Crippen molar-refractivity contribution in [2.24, 2.45) is 0 Å². The molecule has 0 fully saturated rings. The van der Waals surface area contributed by atoms with Gasteiger partial charge in [-0.3, -0.25) is 4.79 Å². The molecule has 0 aliphatic carbocycles. The number of nitriles is 1. The van der Waals surface area contributed by atoms with Crippen LogP contribution < -0.4 is 14.2 Å². The molecule has 2 aromatic carbocycles. The van der Waals surface area contributed by atoms with E-state index >= 15 is 0 Å². The summed E-state index contributed by atoms with van der Waals surface area (Å²) in [5.74, 6) is -1.19. The molecule has 0 saturated carbocycles. The molecule has 0 saturated heterocycles. The van der Waals surface area contributed by atoms with Crippen molar-refractivity contribution >= 4 is 17.8 Å². The molecule has 0 bridgehead atoms. The van der Waals surface area contributed by atoms with Crippen molar-refractivity contribution in [1.82, 2.24) is 4.57 Å². The third kappa shape index (κ3) is 5.88. The van der Waals surface area contributed by atoms with Crippen LogP contribution in [0.25, 0.3) is 11.8 Å². The zero-order chi connectivity index (χ0) is 26.4. The van der Waals surface area contributed by atoms with E-state index in [1.165, 1.54) is 37.5 Å². The fourth-order valence-corrected chi connectivity index (χ4v) is 3.66. The van der Waals surface area contributed by atoms with Crippen LogP contribution in [-0.2, 0) is 4.79 Å². The number of benzene rings is 2. The Morgan fingerprint density at radius 3 is 2.39 bits per heavy atom. The molecule has 1 N–H and O–H groups in total. The minimum absolute atomic E-state index is 0.0111. The van der Waals surface area contributed by atoms with E-state index in [9.17, 15) is 23.6 Å². The van der Waals surface area contributed by atoms with Crippen LogP contribution in [0, 0.1) is 25.2 Å². The van der Waals surface area contributed by atoms with Gasteiger partial charge in [-0.25, -0.2) is 4.79 Å². The van der Waals surface area contributed by atoms with E-state index in [4.69, 9.17) is 14.6 Å². The highest BCUT2D eigenvalue weighted by Crippen LogP contribution is 2.30. The Morgan fingerprint density at radius 2 is 1.81 bits per heavy atom. The van der Waals surface area contributed by atoms with E-state index in [0.29, 0.717) is 28.2 Å². The first kappa shape index (κ1) is 26.0. The molecule has 8 nitrogen and oxygen atoms in total. The molecule has 0 radical (unpaired) electrons. The van der Waals surface area contributed by atoms with Gasteiger partial charge in [0.05, 0.1) is 7.11 Å². The highest BCUT2D eigenvalue weighted by molar-refractivity contribution is 6.14. The van der Waals surface area contributed by atoms with Crippen LogP contribution >= 0.6 is 0 Å². The molecule has 0 amide bonds. The normalized spacial score (nSPS) is 11.2. The summed E-state index contributed by atoms with van der Waals surface area (Å²) in [4.78, 5) is 24.0. The molecule has 1 heterocycles. The monoisotopic (exact) mass is 496 g/mol. The molecule has 0 unspecified atom stereocenters. The number of aromatic nitrogens is 1. The van der Waals surface area contributed by atoms with E-state index < -0.39 is 25.0 Å². The zero-order valence-corrected chi connectivity index (χ0v) is 19.6. The number of Topliss-reactive ketones (excluding diaryl/α,β-unsaturated/α-hetero) is 1. The van der Waals surface area contributed by atoms with Gasteiger partial charge in [0.15, 0.2) is 18.1 Å². The number of hydrogen-bond acceptors (Lipinski definition) is 6. The molecule has 0 atom stereocenters. The van der Waals surface area contributed by atoms with Gasteiger partial charge < -0.3 is 23.9 Å². The van der Waals surface area contributed by atoms with Gasteiger partial charge in [0, 0.05) is 22.6 Å². The highest BCUT2D eigenvalue weighted by atomic mass is 19.3. The number of hydrogen-bond donors (Lipinski definition) is 1. The maximum Gasteiger partial charge on any atom is 0.387 e. The molecule has 186 valence electrons. The zero-order valence-electron chi connectivity index (χ0n) is 19.6. The smallest absolute Gasteiger partial charge is 0.387 e. The first-order chi connectivity index (χ1) is 17.1. The Balaban J connectivity index is 1.91. The number of methoxy groups -OCH3 is 1. The maximum absolute atomic E-state index is 13.2. The second-order valence-corrected chi connectivity index (χ2v) is 7.58. The Morgan fingerprint density at radius 1 is 1.11 bits per heavy atom. The Bertz CT molecular complexity index is 1350. The summed E-state index contributed by atoms with van der Waals surface area (Å²) in [6, 6.07) is 14.1. The number of carbonyl (C=O) groups excluding carboxylic acids is 1. The number of carboxylic acids is 1. The molecule has 36 heavy (non-hydrogen) atoms. The molecule has 0 aliphatic heterocycles. The van der Waals surface area contributed by atoms with Crippen molar-refractivity contribution in [2.75, 3.05) is 13.7 Å². The van der Waals surface area contributed by atoms with Crippen LogP contribution in [0.3, 0.4) is 0 Å². The van der Waals surface area contributed by atoms with Crippen LogP contribution in [0.1, 0.15) is 27.3 Å². The largest absolute Gasteiger partial charge is 0.493 e. The lowest BCUT2D eigenvalue weighted by atomic mass is 10.0. The first-order valence-electron chi connectivity index (χ1n) is 10.6. The van der Waals surface area contributed by atoms with Crippen molar-refractivity contribution in [3.63, 3.8) is 0 Å². The molecular weight excluding hydrogens is 474 g/mol. The molecule has 3 aromatic rings. The van der Waals surface area contributed by atoms with E-state index in [-0.39, 0.29) is 22.8 Å². The van der Waals surface area contributed by atoms with Gasteiger partial charge in [0.2, 0.25) is 5.78 Å². The van der Waals surface area contributed by atoms with Gasteiger partial charge in [-0.2, -0.15) is 14.0 Å². The summed E-state index contributed by atoms with van der Waals surface area (Å²) in [7, 11) is 1.38. The SMILES string of the molecule is COc1cc(/C=C(\C#N)C(=O)c2cc(C)n(-c3ccc(OC(F)F)cc3)c2C)ccc1OCC(=O)O. The predicted octanol–water partition coefficient (Wildman–Crippen LogP) is 4.96. The van der Waals surface area contributed by atoms with Crippen molar-refractivity contribution < 1.29 is 37.7 Å². The third-order valence-corrected chi connectivity index (χ3v) is 5.21. The van der Waals surface area contributed by atoms with E-state index in [1.807, 2.05) is 6.07 Å². The summed E-state index contributed by atoms with van der Waals surface area (Å²) in [6.45, 7) is 0.0189. The number of aryl methyl sites for hydroxylation is 1. The summed E-state index contributed by atoms with van der Waals surface area (Å²) in [5, 5.41) is 18.5. The standard InChI is InChI=1S/C26H22F2N2O6/c1-15-10-21(16(2)30(15)19-5-7-20(8-6-19)36-26(27)28)25(33)18(13-29)11-17-4-9-22(23(12-17)34-3)35-14-24(31)32/h4-12,26H,14H2,1-3H3,(H,31,32)/b18-11+. The molecular formula is C26H22F2N2O6. The third-order valence-electron chi connectivity index (χ3n) is 5.21. The molecule has 3 rings (SSSR count). The van der Waals surface area contributed by atoms with Crippen LogP contribution in [0.5, 0.6) is 17.2 Å². The maximum atomic E-state index is 13.2. The lowest BCUT2D eigenvalue weighted by molar-refractivity contribution is -0.139. The number of carbonyl (C=O) groups is 2. The lowest BCUT2D eigenvalue weighted by Gasteiger charge is -2.11. The molecule has 10 heteroatoms. The Hall–Kier alpha value is -4.65. The Labute approximate surface area is 205 Å². The number of alkyl halides is 2. The topological polar surface area (TPSA) is 111 Å².